The van der Waals surface area contributed by atoms with Gasteiger partial charge in [0.25, 0.3) is 5.91 Å². The van der Waals surface area contributed by atoms with Crippen molar-refractivity contribution in [3.05, 3.63) is 58.8 Å². The molecule has 1 N–H and O–H groups in total. The Balaban J connectivity index is 1.57. The van der Waals surface area contributed by atoms with E-state index in [0.717, 1.165) is 40.0 Å². The maximum atomic E-state index is 13.0. The molecule has 0 spiro atoms. The third-order valence-electron chi connectivity index (χ3n) is 5.17. The first kappa shape index (κ1) is 20.3. The quantitative estimate of drug-likeness (QED) is 0.588. The number of fused-ring (bicyclic) bond motifs is 2. The van der Waals surface area contributed by atoms with E-state index in [9.17, 15) is 4.79 Å². The van der Waals surface area contributed by atoms with Crippen molar-refractivity contribution in [1.82, 2.24) is 5.32 Å². The van der Waals surface area contributed by atoms with Crippen LogP contribution in [0.4, 0.5) is 0 Å². The molecule has 0 radical (unpaired) electrons. The summed E-state index contributed by atoms with van der Waals surface area (Å²) in [6.07, 6.45) is 1.01. The summed E-state index contributed by atoms with van der Waals surface area (Å²) in [5.74, 6) is 1.64. The lowest BCUT2D eigenvalue weighted by molar-refractivity contribution is 0.0912. The molecule has 1 aliphatic heterocycles. The molecule has 3 aromatic rings. The summed E-state index contributed by atoms with van der Waals surface area (Å²) in [7, 11) is 0. The van der Waals surface area contributed by atoms with Crippen molar-refractivity contribution in [1.29, 1.82) is 0 Å². The molecule has 2 heterocycles. The van der Waals surface area contributed by atoms with Gasteiger partial charge < -0.3 is 23.9 Å². The molecule has 0 fully saturated rings. The van der Waals surface area contributed by atoms with Crippen molar-refractivity contribution in [3.8, 4) is 11.5 Å². The van der Waals surface area contributed by atoms with Crippen molar-refractivity contribution >= 4 is 16.9 Å². The Morgan fingerprint density at radius 3 is 2.83 bits per heavy atom. The number of carbonyl (C=O) groups is 1. The minimum Gasteiger partial charge on any atom is -0.494 e. The van der Waals surface area contributed by atoms with Crippen LogP contribution in [0.5, 0.6) is 11.5 Å². The Hall–Kier alpha value is -2.99. The largest absolute Gasteiger partial charge is 0.494 e. The zero-order chi connectivity index (χ0) is 21.1. The minimum absolute atomic E-state index is 0.149. The van der Waals surface area contributed by atoms with Crippen molar-refractivity contribution in [2.45, 2.75) is 46.4 Å². The number of rotatable bonds is 8. The molecule has 0 aliphatic carbocycles. The summed E-state index contributed by atoms with van der Waals surface area (Å²) < 4.78 is 23.1. The number of ether oxygens (including phenoxy) is 3. The molecule has 1 amide bonds. The summed E-state index contributed by atoms with van der Waals surface area (Å²) in [6.45, 7) is 7.67. The molecule has 4 rings (SSSR count). The Kier molecular flexibility index (Phi) is 5.95. The van der Waals surface area contributed by atoms with Crippen LogP contribution in [0.1, 0.15) is 48.0 Å². The fourth-order valence-electron chi connectivity index (χ4n) is 3.79. The van der Waals surface area contributed by atoms with E-state index in [4.69, 9.17) is 18.6 Å². The zero-order valence-corrected chi connectivity index (χ0v) is 17.6. The van der Waals surface area contributed by atoms with Crippen LogP contribution in [0.2, 0.25) is 0 Å². The van der Waals surface area contributed by atoms with E-state index in [2.05, 4.69) is 5.32 Å². The average molecular weight is 409 g/mol. The Morgan fingerprint density at radius 2 is 2.03 bits per heavy atom. The van der Waals surface area contributed by atoms with Crippen LogP contribution >= 0.6 is 0 Å². The zero-order valence-electron chi connectivity index (χ0n) is 17.6. The average Bonchev–Trinajstić information content (AvgIpc) is 3.29. The van der Waals surface area contributed by atoms with Crippen molar-refractivity contribution in [3.63, 3.8) is 0 Å². The Morgan fingerprint density at radius 1 is 1.20 bits per heavy atom. The highest BCUT2D eigenvalue weighted by atomic mass is 16.5. The number of hydrogen-bond acceptors (Lipinski definition) is 5. The van der Waals surface area contributed by atoms with Crippen LogP contribution in [0.15, 0.2) is 40.8 Å². The van der Waals surface area contributed by atoms with Crippen LogP contribution in [-0.2, 0) is 24.3 Å². The highest BCUT2D eigenvalue weighted by molar-refractivity contribution is 5.99. The number of para-hydroxylation sites is 1. The van der Waals surface area contributed by atoms with Gasteiger partial charge in [0, 0.05) is 41.6 Å². The van der Waals surface area contributed by atoms with Crippen LogP contribution in [-0.4, -0.2) is 25.2 Å². The summed E-state index contributed by atoms with van der Waals surface area (Å²) >= 11 is 0. The second-order valence-electron chi connectivity index (χ2n) is 7.36. The normalized spacial score (nSPS) is 15.1. The number of benzene rings is 2. The predicted octanol–water partition coefficient (Wildman–Crippen LogP) is 4.62. The van der Waals surface area contributed by atoms with Gasteiger partial charge >= 0.3 is 0 Å². The van der Waals surface area contributed by atoms with Crippen LogP contribution in [0.3, 0.4) is 0 Å². The smallest absolute Gasteiger partial charge is 0.287 e. The monoisotopic (exact) mass is 409 g/mol. The van der Waals surface area contributed by atoms with E-state index in [0.29, 0.717) is 31.9 Å². The number of carbonyl (C=O) groups excluding carboxylic acids is 1. The van der Waals surface area contributed by atoms with E-state index in [1.165, 1.54) is 0 Å². The number of hydrogen-bond donors (Lipinski definition) is 1. The Labute approximate surface area is 176 Å². The molecular weight excluding hydrogens is 382 g/mol. The molecule has 158 valence electrons. The van der Waals surface area contributed by atoms with Crippen molar-refractivity contribution < 1.29 is 23.4 Å². The second-order valence-corrected chi connectivity index (χ2v) is 7.36. The van der Waals surface area contributed by atoms with E-state index >= 15 is 0 Å². The maximum absolute atomic E-state index is 13.0. The molecule has 0 saturated heterocycles. The maximum Gasteiger partial charge on any atom is 0.287 e. The predicted molar refractivity (Wildman–Crippen MR) is 114 cm³/mol. The SMILES string of the molecule is CCOCc1c(C(=O)NCc2cc3c(cc2OCC)C[C@@H](C)O3)oc2ccccc12. The number of amides is 1. The van der Waals surface area contributed by atoms with Gasteiger partial charge in [-0.2, -0.15) is 0 Å². The van der Waals surface area contributed by atoms with Gasteiger partial charge in [-0.05, 0) is 39.0 Å². The molecule has 2 aromatic carbocycles. The first-order valence-corrected chi connectivity index (χ1v) is 10.4. The van der Waals surface area contributed by atoms with Gasteiger partial charge in [-0.1, -0.05) is 18.2 Å². The van der Waals surface area contributed by atoms with Gasteiger partial charge in [-0.3, -0.25) is 4.79 Å². The molecule has 0 unspecified atom stereocenters. The van der Waals surface area contributed by atoms with Crippen LogP contribution < -0.4 is 14.8 Å². The highest BCUT2D eigenvalue weighted by Gasteiger charge is 2.24. The van der Waals surface area contributed by atoms with Gasteiger partial charge in [-0.15, -0.1) is 0 Å². The molecule has 1 atom stereocenters. The molecule has 0 saturated carbocycles. The van der Waals surface area contributed by atoms with Gasteiger partial charge in [0.05, 0.1) is 13.2 Å². The second kappa shape index (κ2) is 8.79. The summed E-state index contributed by atoms with van der Waals surface area (Å²) in [6, 6.07) is 11.6. The topological polar surface area (TPSA) is 69.9 Å². The standard InChI is InChI=1S/C24H27NO5/c1-4-27-14-19-18-8-6-7-9-20(18)30-23(19)24(26)25-13-17-12-22-16(10-15(3)29-22)11-21(17)28-5-2/h6-9,11-12,15H,4-5,10,13-14H2,1-3H3,(H,25,26)/t15-/m1/s1. The third-order valence-corrected chi connectivity index (χ3v) is 5.17. The minimum atomic E-state index is -0.280. The van der Waals surface area contributed by atoms with Crippen LogP contribution in [0.25, 0.3) is 11.0 Å². The molecular formula is C24H27NO5. The van der Waals surface area contributed by atoms with Gasteiger partial charge in [0.15, 0.2) is 5.76 Å². The molecule has 6 heteroatoms. The summed E-state index contributed by atoms with van der Waals surface area (Å²) in [5, 5.41) is 3.86. The van der Waals surface area contributed by atoms with Gasteiger partial charge in [0.2, 0.25) is 0 Å². The summed E-state index contributed by atoms with van der Waals surface area (Å²) in [5.41, 5.74) is 3.45. The number of nitrogens with one attached hydrogen (secondary N) is 1. The van der Waals surface area contributed by atoms with E-state index < -0.39 is 0 Å². The lowest BCUT2D eigenvalue weighted by Gasteiger charge is -2.13. The molecule has 30 heavy (non-hydrogen) atoms. The lowest BCUT2D eigenvalue weighted by atomic mass is 10.1. The fourth-order valence-corrected chi connectivity index (χ4v) is 3.79. The molecule has 0 bridgehead atoms. The van der Waals surface area contributed by atoms with Crippen molar-refractivity contribution in [2.75, 3.05) is 13.2 Å². The first-order chi connectivity index (χ1) is 14.6. The van der Waals surface area contributed by atoms with Gasteiger partial charge in [-0.25, -0.2) is 0 Å². The van der Waals surface area contributed by atoms with E-state index in [-0.39, 0.29) is 17.8 Å². The summed E-state index contributed by atoms with van der Waals surface area (Å²) in [4.78, 5) is 13.0. The first-order valence-electron chi connectivity index (χ1n) is 10.4. The molecule has 1 aliphatic rings. The van der Waals surface area contributed by atoms with Gasteiger partial charge in [0.1, 0.15) is 23.2 Å². The highest BCUT2D eigenvalue weighted by Crippen LogP contribution is 2.35. The third kappa shape index (κ3) is 4.00. The van der Waals surface area contributed by atoms with E-state index in [1.54, 1.807) is 0 Å². The van der Waals surface area contributed by atoms with E-state index in [1.807, 2.05) is 57.2 Å². The van der Waals surface area contributed by atoms with Crippen LogP contribution in [0, 0.1) is 0 Å². The number of furan rings is 1. The Bertz CT molecular complexity index is 1060. The fraction of sp³-hybridized carbons (Fsp3) is 0.375. The molecule has 6 nitrogen and oxygen atoms in total. The lowest BCUT2D eigenvalue weighted by Crippen LogP contribution is -2.24. The molecule has 1 aromatic heterocycles. The van der Waals surface area contributed by atoms with Crippen molar-refractivity contribution in [2.24, 2.45) is 0 Å².